The van der Waals surface area contributed by atoms with Gasteiger partial charge >= 0.3 is 0 Å². The average molecular weight is 260 g/mol. The SMILES string of the molecule is CCCC[PH+](CCCC)CCCC.N#CNN. The molecule has 0 fully saturated rings. The van der Waals surface area contributed by atoms with E-state index in [0.29, 0.717) is 0 Å². The third-order valence-corrected chi connectivity index (χ3v) is 5.90. The van der Waals surface area contributed by atoms with Gasteiger partial charge in [-0.3, -0.25) is 5.43 Å². The molecule has 4 heteroatoms. The first-order chi connectivity index (χ1) is 8.26. The smallest absolute Gasteiger partial charge is 0.192 e. The minimum atomic E-state index is 0.0675. The van der Waals surface area contributed by atoms with Gasteiger partial charge in [-0.15, -0.1) is 0 Å². The average Bonchev–Trinajstić information content (AvgIpc) is 2.38. The van der Waals surface area contributed by atoms with Crippen LogP contribution in [0.3, 0.4) is 0 Å². The molecule has 0 saturated carbocycles. The Balaban J connectivity index is 0. The zero-order valence-electron chi connectivity index (χ0n) is 11.9. The fourth-order valence-electron chi connectivity index (χ4n) is 1.66. The molecule has 0 aliphatic carbocycles. The number of nitriles is 1. The number of nitrogens with two attached hydrogens (primary N) is 1. The fourth-order valence-corrected chi connectivity index (χ4v) is 4.97. The molecule has 0 bridgehead atoms. The zero-order chi connectivity index (χ0) is 13.4. The third-order valence-electron chi connectivity index (χ3n) is 2.72. The van der Waals surface area contributed by atoms with Gasteiger partial charge in [0.15, 0.2) is 6.19 Å². The number of hydrazine groups is 1. The van der Waals surface area contributed by atoms with Crippen LogP contribution in [0.25, 0.3) is 0 Å². The minimum Gasteiger partial charge on any atom is -0.261 e. The van der Waals surface area contributed by atoms with Crippen LogP contribution in [-0.2, 0) is 0 Å². The van der Waals surface area contributed by atoms with E-state index in [9.17, 15) is 0 Å². The Morgan fingerprint density at radius 2 is 1.24 bits per heavy atom. The Hall–Kier alpha value is -0.320. The first kappa shape index (κ1) is 19.0. The highest BCUT2D eigenvalue weighted by Gasteiger charge is 2.12. The second kappa shape index (κ2) is 18.1. The second-order valence-corrected chi connectivity index (χ2v) is 7.32. The quantitative estimate of drug-likeness (QED) is 0.219. The molecule has 3 nitrogen and oxygen atoms in total. The molecule has 0 aromatic heterocycles. The summed E-state index contributed by atoms with van der Waals surface area (Å²) < 4.78 is 0. The summed E-state index contributed by atoms with van der Waals surface area (Å²) in [7, 11) is 0.0675. The summed E-state index contributed by atoms with van der Waals surface area (Å²) in [5.74, 6) is 4.42. The van der Waals surface area contributed by atoms with Crippen LogP contribution in [0.5, 0.6) is 0 Å². The summed E-state index contributed by atoms with van der Waals surface area (Å²) >= 11 is 0. The molecule has 0 aromatic carbocycles. The van der Waals surface area contributed by atoms with E-state index in [-0.39, 0.29) is 7.92 Å². The van der Waals surface area contributed by atoms with E-state index in [1.54, 1.807) is 23.9 Å². The van der Waals surface area contributed by atoms with Crippen LogP contribution in [0.4, 0.5) is 0 Å². The normalized spacial score (nSPS) is 9.41. The van der Waals surface area contributed by atoms with Gasteiger partial charge in [-0.05, 0) is 19.3 Å². The Labute approximate surface area is 109 Å². The van der Waals surface area contributed by atoms with Crippen LogP contribution in [-0.4, -0.2) is 18.5 Å². The van der Waals surface area contributed by atoms with Crippen molar-refractivity contribution in [3.8, 4) is 6.19 Å². The van der Waals surface area contributed by atoms with E-state index >= 15 is 0 Å². The minimum absolute atomic E-state index is 0.0675. The number of nitrogens with zero attached hydrogens (tertiary/aromatic N) is 1. The maximum absolute atomic E-state index is 7.39. The van der Waals surface area contributed by atoms with Gasteiger partial charge in [-0.25, -0.2) is 5.84 Å². The summed E-state index contributed by atoms with van der Waals surface area (Å²) in [6.45, 7) is 6.96. The van der Waals surface area contributed by atoms with Crippen molar-refractivity contribution >= 4 is 7.92 Å². The lowest BCUT2D eigenvalue weighted by Crippen LogP contribution is -2.12. The van der Waals surface area contributed by atoms with Crippen LogP contribution >= 0.6 is 7.92 Å². The molecular formula is C13H31N3P+. The summed E-state index contributed by atoms with van der Waals surface area (Å²) in [5.41, 5.74) is 1.74. The van der Waals surface area contributed by atoms with Crippen LogP contribution in [0.1, 0.15) is 59.3 Å². The Morgan fingerprint density at radius 1 is 0.941 bits per heavy atom. The van der Waals surface area contributed by atoms with Gasteiger partial charge in [0.05, 0.1) is 18.5 Å². The molecule has 0 unspecified atom stereocenters. The number of unbranched alkanes of at least 4 members (excludes halogenated alkanes) is 3. The first-order valence-electron chi connectivity index (χ1n) is 6.94. The van der Waals surface area contributed by atoms with Crippen LogP contribution < -0.4 is 11.3 Å². The van der Waals surface area contributed by atoms with Gasteiger partial charge in [-0.2, -0.15) is 5.26 Å². The molecule has 3 N–H and O–H groups in total. The first-order valence-corrected chi connectivity index (χ1v) is 9.07. The van der Waals surface area contributed by atoms with Gasteiger partial charge in [0, 0.05) is 7.92 Å². The number of hydrogen-bond donors (Lipinski definition) is 2. The Morgan fingerprint density at radius 3 is 1.41 bits per heavy atom. The molecular weight excluding hydrogens is 229 g/mol. The molecule has 0 aliphatic heterocycles. The highest BCUT2D eigenvalue weighted by molar-refractivity contribution is 7.57. The molecule has 0 atom stereocenters. The third kappa shape index (κ3) is 18.3. The zero-order valence-corrected chi connectivity index (χ0v) is 12.9. The van der Waals surface area contributed by atoms with Crippen molar-refractivity contribution in [2.24, 2.45) is 5.84 Å². The molecule has 0 spiro atoms. The van der Waals surface area contributed by atoms with Crippen molar-refractivity contribution in [3.63, 3.8) is 0 Å². The van der Waals surface area contributed by atoms with E-state index in [0.717, 1.165) is 0 Å². The predicted octanol–water partition coefficient (Wildman–Crippen LogP) is 3.53. The lowest BCUT2D eigenvalue weighted by Gasteiger charge is -2.09. The van der Waals surface area contributed by atoms with Gasteiger partial charge in [0.1, 0.15) is 0 Å². The van der Waals surface area contributed by atoms with E-state index in [1.165, 1.54) is 44.7 Å². The van der Waals surface area contributed by atoms with E-state index in [2.05, 4.69) is 26.6 Å². The molecule has 0 saturated heterocycles. The van der Waals surface area contributed by atoms with Crippen LogP contribution in [0.15, 0.2) is 0 Å². The van der Waals surface area contributed by atoms with Crippen molar-refractivity contribution in [1.82, 2.24) is 5.43 Å². The monoisotopic (exact) mass is 260 g/mol. The van der Waals surface area contributed by atoms with Crippen LogP contribution in [0.2, 0.25) is 0 Å². The lowest BCUT2D eigenvalue weighted by atomic mass is 10.4. The number of rotatable bonds is 9. The second-order valence-electron chi connectivity index (χ2n) is 4.32. The molecule has 17 heavy (non-hydrogen) atoms. The van der Waals surface area contributed by atoms with Crippen molar-refractivity contribution < 1.29 is 0 Å². The van der Waals surface area contributed by atoms with Gasteiger partial charge in [0.2, 0.25) is 0 Å². The fraction of sp³-hybridized carbons (Fsp3) is 0.923. The molecule has 0 aliphatic rings. The molecule has 102 valence electrons. The van der Waals surface area contributed by atoms with Crippen LogP contribution in [0, 0.1) is 11.5 Å². The van der Waals surface area contributed by atoms with E-state index < -0.39 is 0 Å². The maximum atomic E-state index is 7.39. The number of nitrogens with one attached hydrogen (secondary N) is 1. The van der Waals surface area contributed by atoms with E-state index in [4.69, 9.17) is 5.26 Å². The summed E-state index contributed by atoms with van der Waals surface area (Å²) in [6, 6.07) is 0. The maximum Gasteiger partial charge on any atom is 0.192 e. The largest absolute Gasteiger partial charge is 0.261 e. The summed E-state index contributed by atoms with van der Waals surface area (Å²) in [5, 5.41) is 7.39. The van der Waals surface area contributed by atoms with Gasteiger partial charge in [0.25, 0.3) is 0 Å². The molecule has 0 rings (SSSR count). The lowest BCUT2D eigenvalue weighted by molar-refractivity contribution is 0.847. The summed E-state index contributed by atoms with van der Waals surface area (Å²) in [6.07, 6.45) is 14.9. The standard InChI is InChI=1S/C12H27P.CH3N3/c1-4-7-10-13(11-8-5-2)12-9-6-3;2-1-4-3/h4-12H2,1-3H3;4H,3H2/p+1. The summed E-state index contributed by atoms with van der Waals surface area (Å²) in [4.78, 5) is 0. The van der Waals surface area contributed by atoms with Crippen molar-refractivity contribution in [1.29, 1.82) is 5.26 Å². The van der Waals surface area contributed by atoms with E-state index in [1.807, 2.05) is 0 Å². The van der Waals surface area contributed by atoms with Crippen molar-refractivity contribution in [3.05, 3.63) is 0 Å². The van der Waals surface area contributed by atoms with Crippen molar-refractivity contribution in [2.75, 3.05) is 18.5 Å². The Bertz CT molecular complexity index is 150. The number of hydrogen-bond acceptors (Lipinski definition) is 3. The van der Waals surface area contributed by atoms with Gasteiger partial charge < -0.3 is 0 Å². The Kier molecular flexibility index (Phi) is 20.2. The highest BCUT2D eigenvalue weighted by atomic mass is 31.1. The molecule has 0 heterocycles. The molecule has 0 aromatic rings. The highest BCUT2D eigenvalue weighted by Crippen LogP contribution is 2.38. The molecule has 0 amide bonds. The molecule has 0 radical (unpaired) electrons. The topological polar surface area (TPSA) is 61.8 Å². The predicted molar refractivity (Wildman–Crippen MR) is 80.6 cm³/mol. The van der Waals surface area contributed by atoms with Crippen molar-refractivity contribution in [2.45, 2.75) is 59.3 Å². The van der Waals surface area contributed by atoms with Gasteiger partial charge in [-0.1, -0.05) is 40.0 Å².